The van der Waals surface area contributed by atoms with Crippen molar-refractivity contribution in [2.24, 2.45) is 29.6 Å². The van der Waals surface area contributed by atoms with Crippen LogP contribution in [0.5, 0.6) is 0 Å². The first-order chi connectivity index (χ1) is 10.7. The van der Waals surface area contributed by atoms with Crippen LogP contribution in [0.15, 0.2) is 0 Å². The van der Waals surface area contributed by atoms with Gasteiger partial charge in [0.1, 0.15) is 0 Å². The Morgan fingerprint density at radius 1 is 0.909 bits per heavy atom. The van der Waals surface area contributed by atoms with Crippen molar-refractivity contribution in [2.75, 3.05) is 13.2 Å². The molecule has 6 saturated carbocycles. The lowest BCUT2D eigenvalue weighted by molar-refractivity contribution is -0.158. The second-order valence-corrected chi connectivity index (χ2v) is 9.86. The van der Waals surface area contributed by atoms with Gasteiger partial charge in [-0.15, -0.1) is 0 Å². The van der Waals surface area contributed by atoms with Gasteiger partial charge in [-0.25, -0.2) is 0 Å². The lowest BCUT2D eigenvalue weighted by atomic mass is 9.52. The van der Waals surface area contributed by atoms with Gasteiger partial charge in [0.2, 0.25) is 0 Å². The highest BCUT2D eigenvalue weighted by Gasteiger charge is 2.61. The van der Waals surface area contributed by atoms with E-state index in [4.69, 9.17) is 0 Å². The van der Waals surface area contributed by atoms with Crippen LogP contribution < -0.4 is 5.32 Å². The van der Waals surface area contributed by atoms with Gasteiger partial charge in [-0.2, -0.15) is 0 Å². The van der Waals surface area contributed by atoms with Crippen molar-refractivity contribution in [3.05, 3.63) is 0 Å². The second-order valence-electron chi connectivity index (χ2n) is 9.86. The summed E-state index contributed by atoms with van der Waals surface area (Å²) in [5.74, 6) is 4.36. The Kier molecular flexibility index (Phi) is 2.46. The van der Waals surface area contributed by atoms with Crippen molar-refractivity contribution in [2.45, 2.75) is 75.0 Å². The van der Waals surface area contributed by atoms with Crippen LogP contribution in [0.25, 0.3) is 0 Å². The van der Waals surface area contributed by atoms with E-state index in [9.17, 15) is 5.11 Å². The van der Waals surface area contributed by atoms with Gasteiger partial charge in [-0.1, -0.05) is 0 Å². The number of nitrogens with zero attached hydrogens (tertiary/aromatic N) is 1. The third-order valence-corrected chi connectivity index (χ3v) is 8.30. The van der Waals surface area contributed by atoms with Gasteiger partial charge < -0.3 is 5.11 Å². The zero-order valence-electron chi connectivity index (χ0n) is 13.6. The minimum absolute atomic E-state index is 0.274. The van der Waals surface area contributed by atoms with E-state index < -0.39 is 0 Å². The molecule has 0 aromatic carbocycles. The summed E-state index contributed by atoms with van der Waals surface area (Å²) < 4.78 is 0. The van der Waals surface area contributed by atoms with E-state index >= 15 is 0 Å². The van der Waals surface area contributed by atoms with E-state index in [2.05, 4.69) is 10.2 Å². The summed E-state index contributed by atoms with van der Waals surface area (Å²) in [6.45, 7) is 2.46. The molecule has 7 aliphatic rings. The Labute approximate surface area is 133 Å². The molecular weight excluding hydrogens is 272 g/mol. The van der Waals surface area contributed by atoms with Gasteiger partial charge in [-0.05, 0) is 87.4 Å². The van der Waals surface area contributed by atoms with Gasteiger partial charge in [0, 0.05) is 24.8 Å². The maximum atomic E-state index is 10.8. The SMILES string of the molecule is OC12CC3CC(C1)C(N1CNC(C4CC4)(C4CC4)C1)C(C3)C2. The summed E-state index contributed by atoms with van der Waals surface area (Å²) in [6, 6.07) is 0.781. The number of rotatable bonds is 3. The molecule has 0 aromatic heterocycles. The van der Waals surface area contributed by atoms with Crippen LogP contribution in [-0.4, -0.2) is 40.4 Å². The van der Waals surface area contributed by atoms with E-state index in [0.717, 1.165) is 61.6 Å². The third-order valence-electron chi connectivity index (χ3n) is 8.30. The molecular formula is C19H30N2O. The lowest BCUT2D eigenvalue weighted by Gasteiger charge is -2.60. The molecule has 3 heteroatoms. The molecule has 7 rings (SSSR count). The molecule has 2 N–H and O–H groups in total. The van der Waals surface area contributed by atoms with Crippen molar-refractivity contribution in [1.29, 1.82) is 0 Å². The summed E-state index contributed by atoms with van der Waals surface area (Å²) in [7, 11) is 0. The Morgan fingerprint density at radius 3 is 2.09 bits per heavy atom. The van der Waals surface area contributed by atoms with Crippen LogP contribution in [0, 0.1) is 29.6 Å². The molecule has 2 atom stereocenters. The predicted molar refractivity (Wildman–Crippen MR) is 85.2 cm³/mol. The summed E-state index contributed by atoms with van der Waals surface area (Å²) in [4.78, 5) is 2.84. The molecule has 7 fully saturated rings. The average molecular weight is 302 g/mol. The van der Waals surface area contributed by atoms with Crippen molar-refractivity contribution in [3.63, 3.8) is 0 Å². The molecule has 6 aliphatic carbocycles. The van der Waals surface area contributed by atoms with Crippen LogP contribution in [0.1, 0.15) is 57.8 Å². The van der Waals surface area contributed by atoms with E-state index in [1.807, 2.05) is 0 Å². The van der Waals surface area contributed by atoms with Crippen LogP contribution in [0.3, 0.4) is 0 Å². The van der Waals surface area contributed by atoms with Crippen molar-refractivity contribution in [3.8, 4) is 0 Å². The molecule has 122 valence electrons. The van der Waals surface area contributed by atoms with Crippen LogP contribution in [-0.2, 0) is 0 Å². The summed E-state index contributed by atoms with van der Waals surface area (Å²) in [6.07, 6.45) is 12.0. The number of hydrogen-bond donors (Lipinski definition) is 2. The van der Waals surface area contributed by atoms with E-state index in [1.54, 1.807) is 0 Å². The quantitative estimate of drug-likeness (QED) is 0.840. The molecule has 0 radical (unpaired) electrons. The summed E-state index contributed by atoms with van der Waals surface area (Å²) in [5.41, 5.74) is 0.218. The minimum Gasteiger partial charge on any atom is -0.390 e. The van der Waals surface area contributed by atoms with Crippen molar-refractivity contribution < 1.29 is 5.11 Å². The van der Waals surface area contributed by atoms with Crippen molar-refractivity contribution >= 4 is 0 Å². The molecule has 2 unspecified atom stereocenters. The van der Waals surface area contributed by atoms with Crippen molar-refractivity contribution in [1.82, 2.24) is 10.2 Å². The topological polar surface area (TPSA) is 35.5 Å². The van der Waals surface area contributed by atoms with Crippen LogP contribution >= 0.6 is 0 Å². The predicted octanol–water partition coefficient (Wildman–Crippen LogP) is 2.35. The first-order valence-electron chi connectivity index (χ1n) is 9.87. The molecule has 3 nitrogen and oxygen atoms in total. The average Bonchev–Trinajstić information content (AvgIpc) is 3.36. The normalized spacial score (nSPS) is 53.3. The summed E-state index contributed by atoms with van der Waals surface area (Å²) in [5, 5.41) is 14.9. The maximum Gasteiger partial charge on any atom is 0.0657 e. The number of aliphatic hydroxyl groups is 1. The molecule has 0 spiro atoms. The number of hydrogen-bond acceptors (Lipinski definition) is 3. The highest BCUT2D eigenvalue weighted by Crippen LogP contribution is 2.59. The molecule has 1 aliphatic heterocycles. The second kappa shape index (κ2) is 4.10. The van der Waals surface area contributed by atoms with E-state index in [1.165, 1.54) is 45.1 Å². The fourth-order valence-corrected chi connectivity index (χ4v) is 7.54. The van der Waals surface area contributed by atoms with Gasteiger partial charge >= 0.3 is 0 Å². The zero-order chi connectivity index (χ0) is 14.5. The van der Waals surface area contributed by atoms with E-state index in [-0.39, 0.29) is 5.60 Å². The minimum atomic E-state index is -0.274. The molecule has 1 heterocycles. The Balaban J connectivity index is 1.26. The Hall–Kier alpha value is -0.120. The largest absolute Gasteiger partial charge is 0.390 e. The third kappa shape index (κ3) is 1.74. The fourth-order valence-electron chi connectivity index (χ4n) is 7.54. The Bertz CT molecular complexity index is 470. The van der Waals surface area contributed by atoms with Gasteiger partial charge in [0.25, 0.3) is 0 Å². The van der Waals surface area contributed by atoms with Gasteiger partial charge in [-0.3, -0.25) is 10.2 Å². The first-order valence-corrected chi connectivity index (χ1v) is 9.87. The standard InChI is InChI=1S/C19H30N2O/c22-18-7-12-5-13(8-18)17(14(6-12)9-18)21-10-19(20-11-21,15-1-2-15)16-3-4-16/h12-17,20,22H,1-11H2. The lowest BCUT2D eigenvalue weighted by Crippen LogP contribution is -2.61. The molecule has 22 heavy (non-hydrogen) atoms. The summed E-state index contributed by atoms with van der Waals surface area (Å²) >= 11 is 0. The molecule has 4 bridgehead atoms. The van der Waals surface area contributed by atoms with Crippen LogP contribution in [0.2, 0.25) is 0 Å². The van der Waals surface area contributed by atoms with E-state index in [0.29, 0.717) is 5.54 Å². The van der Waals surface area contributed by atoms with Gasteiger partial charge in [0.05, 0.1) is 5.60 Å². The first kappa shape index (κ1) is 13.2. The maximum absolute atomic E-state index is 10.8. The molecule has 1 saturated heterocycles. The van der Waals surface area contributed by atoms with Gasteiger partial charge in [0.15, 0.2) is 0 Å². The zero-order valence-corrected chi connectivity index (χ0v) is 13.6. The highest BCUT2D eigenvalue weighted by molar-refractivity contribution is 5.16. The Morgan fingerprint density at radius 2 is 1.55 bits per heavy atom. The smallest absolute Gasteiger partial charge is 0.0657 e. The van der Waals surface area contributed by atoms with Crippen LogP contribution in [0.4, 0.5) is 0 Å². The number of nitrogens with one attached hydrogen (secondary N) is 1. The fraction of sp³-hybridized carbons (Fsp3) is 1.00. The monoisotopic (exact) mass is 302 g/mol. The highest BCUT2D eigenvalue weighted by atomic mass is 16.3. The molecule has 0 amide bonds. The molecule has 0 aromatic rings.